The van der Waals surface area contributed by atoms with Crippen molar-refractivity contribution in [3.63, 3.8) is 0 Å². The Morgan fingerprint density at radius 1 is 1.17 bits per heavy atom. The second kappa shape index (κ2) is 5.52. The number of carboxylic acids is 1. The lowest BCUT2D eigenvalue weighted by Crippen LogP contribution is -2.46. The molecule has 0 aliphatic rings. The second-order valence-electron chi connectivity index (χ2n) is 4.25. The molecular weight excluding hydrogens is 252 g/mol. The van der Waals surface area contributed by atoms with Crippen molar-refractivity contribution in [2.24, 2.45) is 0 Å². The maximum absolute atomic E-state index is 12.3. The maximum atomic E-state index is 12.3. The number of carbonyl (C=O) groups is 1. The van der Waals surface area contributed by atoms with Crippen LogP contribution in [0.3, 0.4) is 0 Å². The van der Waals surface area contributed by atoms with E-state index in [-0.39, 0.29) is 18.6 Å². The average Bonchev–Trinajstić information content (AvgIpc) is 2.31. The normalized spacial score (nSPS) is 12.3. The lowest BCUT2D eigenvalue weighted by Gasteiger charge is -2.26. The van der Waals surface area contributed by atoms with Crippen LogP contribution in [0.15, 0.2) is 30.3 Å². The summed E-state index contributed by atoms with van der Waals surface area (Å²) in [6.07, 6.45) is 0.155. The Bertz CT molecular complexity index is 501. The molecule has 0 amide bonds. The molecule has 0 aromatic heterocycles. The van der Waals surface area contributed by atoms with Gasteiger partial charge in [-0.3, -0.25) is 4.79 Å². The first kappa shape index (κ1) is 14.7. The predicted octanol–water partition coefficient (Wildman–Crippen LogP) is 2.24. The molecule has 0 radical (unpaired) electrons. The van der Waals surface area contributed by atoms with E-state index >= 15 is 0 Å². The number of rotatable bonds is 6. The van der Waals surface area contributed by atoms with Crippen LogP contribution in [0.2, 0.25) is 0 Å². The van der Waals surface area contributed by atoms with Gasteiger partial charge in [-0.25, -0.2) is 8.42 Å². The van der Waals surface area contributed by atoms with Gasteiger partial charge in [-0.15, -0.1) is 0 Å². The predicted molar refractivity (Wildman–Crippen MR) is 70.0 cm³/mol. The SMILES string of the molecule is CCC(CC)(C(=O)O)S(=O)(=O)Cc1ccccc1. The average molecular weight is 270 g/mol. The number of hydrogen-bond donors (Lipinski definition) is 1. The Balaban J connectivity index is 3.16. The molecule has 0 aliphatic heterocycles. The van der Waals surface area contributed by atoms with Gasteiger partial charge in [0.1, 0.15) is 0 Å². The van der Waals surface area contributed by atoms with Gasteiger partial charge >= 0.3 is 5.97 Å². The lowest BCUT2D eigenvalue weighted by molar-refractivity contribution is -0.140. The fourth-order valence-electron chi connectivity index (χ4n) is 2.06. The number of hydrogen-bond acceptors (Lipinski definition) is 3. The molecule has 1 aromatic rings. The van der Waals surface area contributed by atoms with Gasteiger partial charge in [-0.05, 0) is 18.4 Å². The third-order valence-corrected chi connectivity index (χ3v) is 5.98. The Morgan fingerprint density at radius 3 is 2.06 bits per heavy atom. The Hall–Kier alpha value is -1.36. The lowest BCUT2D eigenvalue weighted by atomic mass is 10.0. The van der Waals surface area contributed by atoms with Gasteiger partial charge in [0.25, 0.3) is 0 Å². The molecule has 0 saturated heterocycles. The van der Waals surface area contributed by atoms with Crippen molar-refractivity contribution in [2.45, 2.75) is 37.2 Å². The van der Waals surface area contributed by atoms with Crippen LogP contribution in [0.4, 0.5) is 0 Å². The molecule has 100 valence electrons. The Morgan fingerprint density at radius 2 is 1.67 bits per heavy atom. The van der Waals surface area contributed by atoms with Crippen molar-refractivity contribution >= 4 is 15.8 Å². The molecule has 0 spiro atoms. The first-order chi connectivity index (χ1) is 8.39. The molecule has 1 rings (SSSR count). The molecule has 1 N–H and O–H groups in total. The minimum absolute atomic E-state index is 0.0774. The van der Waals surface area contributed by atoms with E-state index in [0.29, 0.717) is 5.56 Å². The molecule has 0 saturated carbocycles. The summed E-state index contributed by atoms with van der Waals surface area (Å²) in [6, 6.07) is 8.65. The van der Waals surface area contributed by atoms with Gasteiger partial charge < -0.3 is 5.11 Å². The number of benzene rings is 1. The van der Waals surface area contributed by atoms with Crippen molar-refractivity contribution in [3.8, 4) is 0 Å². The summed E-state index contributed by atoms with van der Waals surface area (Å²) >= 11 is 0. The third-order valence-electron chi connectivity index (χ3n) is 3.33. The molecular formula is C13H18O4S. The van der Waals surface area contributed by atoms with Gasteiger partial charge in [0.15, 0.2) is 14.6 Å². The van der Waals surface area contributed by atoms with E-state index in [1.165, 1.54) is 0 Å². The largest absolute Gasteiger partial charge is 0.480 e. The first-order valence-electron chi connectivity index (χ1n) is 5.89. The van der Waals surface area contributed by atoms with Crippen LogP contribution in [0.5, 0.6) is 0 Å². The van der Waals surface area contributed by atoms with Gasteiger partial charge in [0, 0.05) is 0 Å². The van der Waals surface area contributed by atoms with Crippen molar-refractivity contribution in [1.29, 1.82) is 0 Å². The minimum Gasteiger partial charge on any atom is -0.480 e. The highest BCUT2D eigenvalue weighted by molar-refractivity contribution is 7.92. The standard InChI is InChI=1S/C13H18O4S/c1-3-13(4-2,12(14)15)18(16,17)10-11-8-6-5-7-9-11/h5-9H,3-4,10H2,1-2H3,(H,14,15). The van der Waals surface area contributed by atoms with Crippen LogP contribution in [0.1, 0.15) is 32.3 Å². The van der Waals surface area contributed by atoms with E-state index < -0.39 is 20.6 Å². The number of aliphatic carboxylic acids is 1. The quantitative estimate of drug-likeness (QED) is 0.860. The van der Waals surface area contributed by atoms with Crippen LogP contribution in [0.25, 0.3) is 0 Å². The Labute approximate surface area is 108 Å². The summed E-state index contributed by atoms with van der Waals surface area (Å²) in [5.41, 5.74) is 0.616. The first-order valence-corrected chi connectivity index (χ1v) is 7.54. The van der Waals surface area contributed by atoms with Gasteiger partial charge in [-0.1, -0.05) is 44.2 Å². The summed E-state index contributed by atoms with van der Waals surface area (Å²) in [7, 11) is -3.74. The van der Waals surface area contributed by atoms with Crippen molar-refractivity contribution in [3.05, 3.63) is 35.9 Å². The second-order valence-corrected chi connectivity index (χ2v) is 6.55. The highest BCUT2D eigenvalue weighted by atomic mass is 32.2. The van der Waals surface area contributed by atoms with Crippen molar-refractivity contribution < 1.29 is 18.3 Å². The molecule has 0 atom stereocenters. The smallest absolute Gasteiger partial charge is 0.325 e. The van der Waals surface area contributed by atoms with Crippen molar-refractivity contribution in [2.75, 3.05) is 0 Å². The summed E-state index contributed by atoms with van der Waals surface area (Å²) in [4.78, 5) is 11.3. The van der Waals surface area contributed by atoms with Crippen LogP contribution >= 0.6 is 0 Å². The fourth-order valence-corrected chi connectivity index (χ4v) is 4.11. The topological polar surface area (TPSA) is 71.4 Å². The molecule has 5 heteroatoms. The molecule has 1 aromatic carbocycles. The molecule has 0 aliphatic carbocycles. The molecule has 18 heavy (non-hydrogen) atoms. The summed E-state index contributed by atoms with van der Waals surface area (Å²) in [5, 5.41) is 9.26. The van der Waals surface area contributed by atoms with E-state index in [0.717, 1.165) is 0 Å². The molecule has 0 unspecified atom stereocenters. The van der Waals surface area contributed by atoms with Gasteiger partial charge in [-0.2, -0.15) is 0 Å². The van der Waals surface area contributed by atoms with E-state index in [1.54, 1.807) is 44.2 Å². The Kier molecular flexibility index (Phi) is 4.51. The van der Waals surface area contributed by atoms with Crippen molar-refractivity contribution in [1.82, 2.24) is 0 Å². The van der Waals surface area contributed by atoms with Crippen LogP contribution in [-0.2, 0) is 20.4 Å². The maximum Gasteiger partial charge on any atom is 0.325 e. The van der Waals surface area contributed by atoms with Gasteiger partial charge in [0.05, 0.1) is 5.75 Å². The van der Waals surface area contributed by atoms with Crippen LogP contribution in [0, 0.1) is 0 Å². The van der Waals surface area contributed by atoms with Crippen LogP contribution in [-0.4, -0.2) is 24.2 Å². The zero-order valence-electron chi connectivity index (χ0n) is 10.6. The van der Waals surface area contributed by atoms with Crippen LogP contribution < -0.4 is 0 Å². The molecule has 0 bridgehead atoms. The molecule has 0 fully saturated rings. The molecule has 4 nitrogen and oxygen atoms in total. The molecule has 0 heterocycles. The van der Waals surface area contributed by atoms with E-state index in [9.17, 15) is 18.3 Å². The monoisotopic (exact) mass is 270 g/mol. The highest BCUT2D eigenvalue weighted by Gasteiger charge is 2.47. The van der Waals surface area contributed by atoms with E-state index in [4.69, 9.17) is 0 Å². The fraction of sp³-hybridized carbons (Fsp3) is 0.462. The number of sulfone groups is 1. The zero-order chi connectivity index (χ0) is 13.8. The summed E-state index contributed by atoms with van der Waals surface area (Å²) in [5.74, 6) is -1.50. The zero-order valence-corrected chi connectivity index (χ0v) is 11.4. The third kappa shape index (κ3) is 2.56. The highest BCUT2D eigenvalue weighted by Crippen LogP contribution is 2.29. The summed E-state index contributed by atoms with van der Waals surface area (Å²) in [6.45, 7) is 3.19. The van der Waals surface area contributed by atoms with E-state index in [2.05, 4.69) is 0 Å². The van der Waals surface area contributed by atoms with E-state index in [1.807, 2.05) is 0 Å². The number of carboxylic acid groups (broad SMARTS) is 1. The summed E-state index contributed by atoms with van der Waals surface area (Å²) < 4.78 is 23.0. The minimum atomic E-state index is -3.74. The van der Waals surface area contributed by atoms with Gasteiger partial charge in [0.2, 0.25) is 0 Å².